The Morgan fingerprint density at radius 1 is 1.31 bits per heavy atom. The van der Waals surface area contributed by atoms with Crippen LogP contribution in [0.25, 0.3) is 5.00 Å². The molecule has 2 aliphatic heterocycles. The fraction of sp³-hybridized carbons (Fsp3) is 0.417. The summed E-state index contributed by atoms with van der Waals surface area (Å²) in [5.74, 6) is -1.65. The molecule has 3 aromatic rings. The Bertz CT molecular complexity index is 1320. The number of amides is 1. The summed E-state index contributed by atoms with van der Waals surface area (Å²) in [6.07, 6.45) is 1.57. The smallest absolute Gasteiger partial charge is 0.291 e. The lowest BCUT2D eigenvalue weighted by Gasteiger charge is -2.16. The van der Waals surface area contributed by atoms with Crippen molar-refractivity contribution in [1.82, 2.24) is 20.1 Å². The standard InChI is InChI=1S/C24H25F2N5O3S/c1-12-21-29-20(22(32)27-11-24(2,3)33)30-31(21)23-17(13-10-34-9-5-8-16(13)35-23)19(28-12)18-14(25)6-4-7-15(18)26/h4,6-7,12,33H,5,8-11H2,1-3H3,(H,27,32)/t12-/m0/s1. The van der Waals surface area contributed by atoms with Crippen molar-refractivity contribution >= 4 is 23.0 Å². The first-order valence-electron chi connectivity index (χ1n) is 11.4. The van der Waals surface area contributed by atoms with Gasteiger partial charge in [0.25, 0.3) is 5.91 Å². The monoisotopic (exact) mass is 501 g/mol. The van der Waals surface area contributed by atoms with Crippen LogP contribution in [0.3, 0.4) is 0 Å². The number of aliphatic imine (C=N–C) groups is 1. The van der Waals surface area contributed by atoms with Crippen LogP contribution in [0.5, 0.6) is 0 Å². The van der Waals surface area contributed by atoms with Gasteiger partial charge in [-0.15, -0.1) is 16.4 Å². The summed E-state index contributed by atoms with van der Waals surface area (Å²) in [4.78, 5) is 22.9. The van der Waals surface area contributed by atoms with E-state index in [2.05, 4.69) is 15.4 Å². The lowest BCUT2D eigenvalue weighted by molar-refractivity contribution is 0.0689. The van der Waals surface area contributed by atoms with Crippen molar-refractivity contribution in [2.75, 3.05) is 13.2 Å². The van der Waals surface area contributed by atoms with E-state index in [0.29, 0.717) is 23.0 Å². The SMILES string of the molecule is C[C@@H]1N=C(c2c(F)cccc2F)c2c(sc3c2COCCC3)-n2nc(C(=O)NCC(C)(C)O)nc21. The topological polar surface area (TPSA) is 102 Å². The maximum absolute atomic E-state index is 15.0. The van der Waals surface area contributed by atoms with E-state index in [0.717, 1.165) is 23.3 Å². The van der Waals surface area contributed by atoms with E-state index in [4.69, 9.17) is 9.73 Å². The van der Waals surface area contributed by atoms with Gasteiger partial charge < -0.3 is 15.2 Å². The number of nitrogens with one attached hydrogen (secondary N) is 1. The molecule has 2 aromatic heterocycles. The summed E-state index contributed by atoms with van der Waals surface area (Å²) in [6, 6.07) is 3.09. The van der Waals surface area contributed by atoms with Gasteiger partial charge in [-0.3, -0.25) is 9.79 Å². The van der Waals surface area contributed by atoms with Crippen molar-refractivity contribution < 1.29 is 23.4 Å². The molecule has 2 aliphatic rings. The molecule has 184 valence electrons. The highest BCUT2D eigenvalue weighted by atomic mass is 32.1. The van der Waals surface area contributed by atoms with Crippen LogP contribution >= 0.6 is 11.3 Å². The average Bonchev–Trinajstić information content (AvgIpc) is 3.28. The Kier molecular flexibility index (Phi) is 6.02. The molecular weight excluding hydrogens is 476 g/mol. The van der Waals surface area contributed by atoms with Crippen LogP contribution in [-0.2, 0) is 17.8 Å². The molecule has 0 bridgehead atoms. The van der Waals surface area contributed by atoms with Crippen LogP contribution in [0, 0.1) is 11.6 Å². The number of nitrogens with zero attached hydrogens (tertiary/aromatic N) is 4. The molecule has 1 atom stereocenters. The number of hydrogen-bond acceptors (Lipinski definition) is 7. The molecule has 35 heavy (non-hydrogen) atoms. The van der Waals surface area contributed by atoms with Gasteiger partial charge in [-0.2, -0.15) is 0 Å². The van der Waals surface area contributed by atoms with E-state index in [-0.39, 0.29) is 30.3 Å². The molecule has 11 heteroatoms. The minimum Gasteiger partial charge on any atom is -0.389 e. The normalized spacial score (nSPS) is 17.5. The van der Waals surface area contributed by atoms with Gasteiger partial charge in [0, 0.05) is 29.2 Å². The Hall–Kier alpha value is -3.02. The maximum atomic E-state index is 15.0. The van der Waals surface area contributed by atoms with Crippen molar-refractivity contribution in [2.24, 2.45) is 4.99 Å². The second kappa shape index (κ2) is 8.89. The Morgan fingerprint density at radius 3 is 2.77 bits per heavy atom. The lowest BCUT2D eigenvalue weighted by Crippen LogP contribution is -2.38. The molecule has 0 unspecified atom stereocenters. The van der Waals surface area contributed by atoms with E-state index < -0.39 is 29.2 Å². The molecule has 1 amide bonds. The summed E-state index contributed by atoms with van der Waals surface area (Å²) in [6.45, 7) is 5.80. The molecular formula is C24H25F2N5O3S. The zero-order chi connectivity index (χ0) is 24.9. The third kappa shape index (κ3) is 4.39. The molecule has 8 nitrogen and oxygen atoms in total. The molecule has 0 radical (unpaired) electrons. The van der Waals surface area contributed by atoms with E-state index in [1.807, 2.05) is 0 Å². The highest BCUT2D eigenvalue weighted by molar-refractivity contribution is 7.15. The molecule has 0 saturated heterocycles. The summed E-state index contributed by atoms with van der Waals surface area (Å²) in [5.41, 5.74) is 0.259. The third-order valence-corrected chi connectivity index (χ3v) is 7.12. The van der Waals surface area contributed by atoms with Crippen molar-refractivity contribution in [3.63, 3.8) is 0 Å². The molecule has 1 aromatic carbocycles. The number of ether oxygens (including phenoxy) is 1. The number of carbonyl (C=O) groups is 1. The summed E-state index contributed by atoms with van der Waals surface area (Å²) >= 11 is 1.44. The molecule has 4 heterocycles. The fourth-order valence-corrected chi connectivity index (χ4v) is 5.51. The molecule has 0 fully saturated rings. The van der Waals surface area contributed by atoms with Crippen LogP contribution in [-0.4, -0.2) is 50.2 Å². The van der Waals surface area contributed by atoms with Crippen LogP contribution in [0.4, 0.5) is 8.78 Å². The van der Waals surface area contributed by atoms with Gasteiger partial charge in [0.15, 0.2) is 5.82 Å². The van der Waals surface area contributed by atoms with E-state index in [1.54, 1.807) is 25.5 Å². The number of aromatic nitrogens is 3. The molecule has 0 aliphatic carbocycles. The van der Waals surface area contributed by atoms with Crippen molar-refractivity contribution in [3.8, 4) is 5.00 Å². The fourth-order valence-electron chi connectivity index (χ4n) is 4.20. The van der Waals surface area contributed by atoms with Crippen molar-refractivity contribution in [2.45, 2.75) is 51.9 Å². The Balaban J connectivity index is 1.69. The molecule has 0 spiro atoms. The van der Waals surface area contributed by atoms with Gasteiger partial charge in [0.05, 0.1) is 23.5 Å². The van der Waals surface area contributed by atoms with Crippen molar-refractivity contribution in [3.05, 3.63) is 63.0 Å². The first kappa shape index (κ1) is 23.7. The number of rotatable bonds is 4. The quantitative estimate of drug-likeness (QED) is 0.570. The molecule has 2 N–H and O–H groups in total. The van der Waals surface area contributed by atoms with Gasteiger partial charge in [0.1, 0.15) is 22.7 Å². The van der Waals surface area contributed by atoms with Crippen LogP contribution in [0.15, 0.2) is 23.2 Å². The molecule has 5 rings (SSSR count). The third-order valence-electron chi connectivity index (χ3n) is 5.85. The number of hydrogen-bond donors (Lipinski definition) is 2. The van der Waals surface area contributed by atoms with Gasteiger partial charge in [0.2, 0.25) is 5.82 Å². The number of thiophene rings is 1. The lowest BCUT2D eigenvalue weighted by atomic mass is 9.97. The number of halogens is 2. The predicted molar refractivity (Wildman–Crippen MR) is 126 cm³/mol. The van der Waals surface area contributed by atoms with Gasteiger partial charge in [-0.25, -0.2) is 18.4 Å². The summed E-state index contributed by atoms with van der Waals surface area (Å²) < 4.78 is 37.2. The number of benzene rings is 1. The van der Waals surface area contributed by atoms with E-state index in [1.165, 1.54) is 29.5 Å². The number of aliphatic hydroxyl groups is 1. The number of carbonyl (C=O) groups excluding carboxylic acids is 1. The van der Waals surface area contributed by atoms with Crippen LogP contribution in [0.1, 0.15) is 71.2 Å². The number of fused-ring (bicyclic) bond motifs is 5. The zero-order valence-corrected chi connectivity index (χ0v) is 20.4. The Labute approximate surface area is 204 Å². The van der Waals surface area contributed by atoms with E-state index >= 15 is 0 Å². The van der Waals surface area contributed by atoms with Gasteiger partial charge in [-0.1, -0.05) is 6.07 Å². The average molecular weight is 502 g/mol. The second-order valence-electron chi connectivity index (χ2n) is 9.29. The van der Waals surface area contributed by atoms with E-state index in [9.17, 15) is 18.7 Å². The highest BCUT2D eigenvalue weighted by Gasteiger charge is 2.34. The first-order chi connectivity index (χ1) is 16.6. The summed E-state index contributed by atoms with van der Waals surface area (Å²) in [5, 5.41) is 17.6. The molecule has 0 saturated carbocycles. The highest BCUT2D eigenvalue weighted by Crippen LogP contribution is 2.40. The number of aryl methyl sites for hydroxylation is 1. The van der Waals surface area contributed by atoms with Gasteiger partial charge >= 0.3 is 0 Å². The Morgan fingerprint density at radius 2 is 2.06 bits per heavy atom. The van der Waals surface area contributed by atoms with Crippen LogP contribution < -0.4 is 5.32 Å². The minimum atomic E-state index is -1.10. The summed E-state index contributed by atoms with van der Waals surface area (Å²) in [7, 11) is 0. The maximum Gasteiger partial charge on any atom is 0.291 e. The predicted octanol–water partition coefficient (Wildman–Crippen LogP) is 3.48. The van der Waals surface area contributed by atoms with Crippen molar-refractivity contribution in [1.29, 1.82) is 0 Å². The zero-order valence-electron chi connectivity index (χ0n) is 19.6. The second-order valence-corrected chi connectivity index (χ2v) is 10.4. The minimum absolute atomic E-state index is 0.0238. The first-order valence-corrected chi connectivity index (χ1v) is 12.2. The largest absolute Gasteiger partial charge is 0.389 e. The van der Waals surface area contributed by atoms with Crippen LogP contribution in [0.2, 0.25) is 0 Å². The van der Waals surface area contributed by atoms with Gasteiger partial charge in [-0.05, 0) is 45.7 Å².